The van der Waals surface area contributed by atoms with Crippen LogP contribution in [-0.4, -0.2) is 22.0 Å². The quantitative estimate of drug-likeness (QED) is 0.291. The van der Waals surface area contributed by atoms with Gasteiger partial charge in [0.15, 0.2) is 0 Å². The molecule has 0 aromatic carbocycles. The maximum absolute atomic E-state index is 12.2. The number of allylic oxidation sites excluding steroid dienone is 3. The average molecular weight is 435 g/mol. The molecule has 0 aliphatic heterocycles. The Morgan fingerprint density at radius 3 is 2.44 bits per heavy atom. The second-order valence-electron chi connectivity index (χ2n) is 5.22. The molecule has 5 nitrogen and oxygen atoms in total. The molecule has 0 radical (unpaired) electrons. The van der Waals surface area contributed by atoms with E-state index in [1.165, 1.54) is 19.2 Å². The monoisotopic (exact) mass is 435 g/mol. The molecule has 0 bridgehead atoms. The largest absolute Gasteiger partial charge is 1.00 e. The van der Waals surface area contributed by atoms with Crippen molar-refractivity contribution in [2.24, 2.45) is 5.73 Å². The van der Waals surface area contributed by atoms with Gasteiger partial charge in [-0.25, -0.2) is 10.3 Å². The van der Waals surface area contributed by atoms with E-state index < -0.39 is 18.8 Å². The summed E-state index contributed by atoms with van der Waals surface area (Å²) >= 11 is 4.54. The van der Waals surface area contributed by atoms with Crippen LogP contribution in [-0.2, 0) is 0 Å². The smallest absolute Gasteiger partial charge is 0.388 e. The summed E-state index contributed by atoms with van der Waals surface area (Å²) in [7, 11) is 0. The molecule has 146 valence electrons. The average Bonchev–Trinajstić information content (AvgIpc) is 3.14. The number of nitrogens with one attached hydrogen (secondary N) is 2. The standard InChI is InChI=1S/C11H13F3N2O.C4H4F2N2S.K/c1-7(6-11(12,13)14)9(16-10(15)17)8-4-2-3-5-8;5-4(6)8-2-1-3(9)7-8;/h6H,2-4H2,1H3,(H3,15,16,17);1-2,4H,(H,7,9);/q-2;;+1/b9-7+;;. The van der Waals surface area contributed by atoms with E-state index in [1.54, 1.807) is 0 Å². The summed E-state index contributed by atoms with van der Waals surface area (Å²) in [5.41, 5.74) is 5.58. The van der Waals surface area contributed by atoms with Crippen LogP contribution in [0.15, 0.2) is 29.1 Å². The van der Waals surface area contributed by atoms with Gasteiger partial charge in [0.05, 0.1) is 0 Å². The van der Waals surface area contributed by atoms with Crippen molar-refractivity contribution in [3.05, 3.63) is 46.2 Å². The predicted molar refractivity (Wildman–Crippen MR) is 87.3 cm³/mol. The number of alkyl halides is 5. The number of nitrogens with zero attached hydrogens (tertiary/aromatic N) is 1. The van der Waals surface area contributed by atoms with Crippen LogP contribution in [0.4, 0.5) is 26.7 Å². The number of aromatic nitrogens is 2. The van der Waals surface area contributed by atoms with E-state index in [9.17, 15) is 26.7 Å². The second-order valence-corrected chi connectivity index (χ2v) is 5.66. The van der Waals surface area contributed by atoms with Gasteiger partial charge in [0.25, 0.3) is 6.03 Å². The van der Waals surface area contributed by atoms with Gasteiger partial charge in [-0.15, -0.1) is 18.5 Å². The Bertz CT molecular complexity index is 739. The molecule has 27 heavy (non-hydrogen) atoms. The Morgan fingerprint density at radius 1 is 1.48 bits per heavy atom. The van der Waals surface area contributed by atoms with Crippen LogP contribution >= 0.6 is 12.2 Å². The van der Waals surface area contributed by atoms with E-state index in [-0.39, 0.29) is 69.1 Å². The van der Waals surface area contributed by atoms with E-state index in [0.717, 1.165) is 6.42 Å². The molecule has 1 aliphatic rings. The molecule has 0 fully saturated rings. The fraction of sp³-hybridized carbons (Fsp3) is 0.400. The molecule has 0 saturated carbocycles. The van der Waals surface area contributed by atoms with Crippen LogP contribution in [0.25, 0.3) is 0 Å². The molecule has 0 unspecified atom stereocenters. The fourth-order valence-corrected chi connectivity index (χ4v) is 2.29. The van der Waals surface area contributed by atoms with Gasteiger partial charge in [-0.05, 0) is 6.07 Å². The van der Waals surface area contributed by atoms with Crippen LogP contribution < -0.4 is 62.4 Å². The van der Waals surface area contributed by atoms with Gasteiger partial charge in [-0.2, -0.15) is 27.5 Å². The zero-order valence-electron chi connectivity index (χ0n) is 14.7. The van der Waals surface area contributed by atoms with Crippen molar-refractivity contribution in [2.75, 3.05) is 0 Å². The van der Waals surface area contributed by atoms with Gasteiger partial charge >= 0.3 is 64.1 Å². The Kier molecular flexibility index (Phi) is 11.7. The summed E-state index contributed by atoms with van der Waals surface area (Å²) in [5.74, 6) is 0. The van der Waals surface area contributed by atoms with Crippen molar-refractivity contribution in [1.29, 1.82) is 0 Å². The molecule has 1 aliphatic carbocycles. The summed E-state index contributed by atoms with van der Waals surface area (Å²) < 4.78 is 61.0. The number of rotatable bonds is 4. The zero-order chi connectivity index (χ0) is 19.9. The number of hydrogen-bond acceptors (Lipinski definition) is 2. The summed E-state index contributed by atoms with van der Waals surface area (Å²) in [4.78, 5) is 10.8. The Hall–Kier alpha value is -0.664. The van der Waals surface area contributed by atoms with Gasteiger partial charge in [-0.3, -0.25) is 16.0 Å². The van der Waals surface area contributed by atoms with E-state index in [4.69, 9.17) is 5.73 Å². The number of carbonyl (C=O) groups is 1. The number of carbonyl (C=O) groups excluding carboxylic acids is 1. The van der Waals surface area contributed by atoms with Crippen molar-refractivity contribution >= 4 is 18.2 Å². The zero-order valence-corrected chi connectivity index (χ0v) is 18.6. The minimum atomic E-state index is -4.42. The number of primary amides is 1. The summed E-state index contributed by atoms with van der Waals surface area (Å²) in [5, 5.41) is 4.49. The normalized spacial score (nSPS) is 14.4. The van der Waals surface area contributed by atoms with Gasteiger partial charge in [0, 0.05) is 6.20 Å². The van der Waals surface area contributed by atoms with Crippen molar-refractivity contribution < 1.29 is 78.1 Å². The molecular weight excluding hydrogens is 418 g/mol. The fourth-order valence-electron chi connectivity index (χ4n) is 2.12. The molecule has 2 amide bonds. The topological polar surface area (TPSA) is 75.8 Å². The van der Waals surface area contributed by atoms with Crippen molar-refractivity contribution in [2.45, 2.75) is 38.9 Å². The molecule has 2 rings (SSSR count). The molecule has 1 heterocycles. The summed E-state index contributed by atoms with van der Waals surface area (Å²) in [6, 6.07) is 0.526. The Morgan fingerprint density at radius 2 is 2.11 bits per heavy atom. The first-order valence-electron chi connectivity index (χ1n) is 7.35. The third-order valence-electron chi connectivity index (χ3n) is 3.10. The minimum Gasteiger partial charge on any atom is -0.388 e. The maximum Gasteiger partial charge on any atom is 1.00 e. The molecule has 0 saturated heterocycles. The van der Waals surface area contributed by atoms with Crippen LogP contribution in [0.5, 0.6) is 0 Å². The van der Waals surface area contributed by atoms with E-state index in [2.05, 4.69) is 28.7 Å². The Labute approximate surface area is 200 Å². The predicted octanol–water partition coefficient (Wildman–Crippen LogP) is 1.55. The Balaban J connectivity index is 0.000000572. The number of urea groups is 1. The van der Waals surface area contributed by atoms with Crippen LogP contribution in [0.1, 0.15) is 32.7 Å². The van der Waals surface area contributed by atoms with Crippen LogP contribution in [0, 0.1) is 17.1 Å². The van der Waals surface area contributed by atoms with Gasteiger partial charge in [-0.1, -0.05) is 32.0 Å². The summed E-state index contributed by atoms with van der Waals surface area (Å²) in [6.45, 7) is -1.24. The number of halogens is 5. The second kappa shape index (κ2) is 12.0. The van der Waals surface area contributed by atoms with E-state index in [0.29, 0.717) is 27.7 Å². The number of aromatic amines is 1. The van der Waals surface area contributed by atoms with Crippen LogP contribution in [0.2, 0.25) is 0 Å². The number of nitrogens with two attached hydrogens (primary N) is 1. The van der Waals surface area contributed by atoms with Crippen molar-refractivity contribution in [3.8, 4) is 0 Å². The third-order valence-corrected chi connectivity index (χ3v) is 3.33. The van der Waals surface area contributed by atoms with Crippen LogP contribution in [0.3, 0.4) is 0 Å². The molecule has 1 aromatic rings. The molecule has 12 heteroatoms. The third kappa shape index (κ3) is 10.5. The molecule has 4 N–H and O–H groups in total. The first-order valence-corrected chi connectivity index (χ1v) is 7.76. The van der Waals surface area contributed by atoms with Crippen molar-refractivity contribution in [1.82, 2.24) is 15.1 Å². The van der Waals surface area contributed by atoms with Gasteiger partial charge in [0.1, 0.15) is 4.64 Å². The molecular formula is C15H17F5KN4OS-. The molecule has 0 spiro atoms. The van der Waals surface area contributed by atoms with E-state index >= 15 is 0 Å². The van der Waals surface area contributed by atoms with Gasteiger partial charge < -0.3 is 11.1 Å². The number of amides is 2. The maximum atomic E-state index is 12.2. The number of hydrogen-bond donors (Lipinski definition) is 3. The first-order chi connectivity index (χ1) is 12.0. The van der Waals surface area contributed by atoms with E-state index in [1.807, 2.05) is 0 Å². The molecule has 1 aromatic heterocycles. The SMILES string of the molecule is C/C([CH-]C(F)(F)F)=C(\NC(N)=O)C1=[C-]CCC1.FC(F)n1ccc(=S)[nH]1.[K+]. The first kappa shape index (κ1) is 26.3. The summed E-state index contributed by atoms with van der Waals surface area (Å²) in [6.07, 6.45) is 1.95. The molecule has 0 atom stereocenters. The van der Waals surface area contributed by atoms with Gasteiger partial charge in [0.2, 0.25) is 0 Å². The number of H-pyrrole nitrogens is 1. The minimum absolute atomic E-state index is 0. The van der Waals surface area contributed by atoms with Crippen molar-refractivity contribution in [3.63, 3.8) is 0 Å².